The Morgan fingerprint density at radius 2 is 1.94 bits per heavy atom. The Hall–Kier alpha value is -3.85. The smallest absolute Gasteiger partial charge is 0.223 e. The first-order valence-corrected chi connectivity index (χ1v) is 10.5. The van der Waals surface area contributed by atoms with Gasteiger partial charge in [-0.2, -0.15) is 0 Å². The first-order chi connectivity index (χ1) is 15.8. The van der Waals surface area contributed by atoms with E-state index in [0.717, 1.165) is 60.3 Å². The molecule has 0 aromatic carbocycles. The van der Waals surface area contributed by atoms with Crippen LogP contribution >= 0.6 is 0 Å². The highest BCUT2D eigenvalue weighted by molar-refractivity contribution is 5.78. The van der Waals surface area contributed by atoms with Crippen LogP contribution < -0.4 is 10.2 Å². The van der Waals surface area contributed by atoms with Crippen molar-refractivity contribution >= 4 is 11.8 Å². The summed E-state index contributed by atoms with van der Waals surface area (Å²) in [6.45, 7) is 5.52. The Labute approximate surface area is 185 Å². The molecule has 4 aromatic heterocycles. The molecule has 0 radical (unpaired) electrons. The molecule has 0 atom stereocenters. The zero-order valence-corrected chi connectivity index (χ0v) is 17.7. The number of nitrogens with zero attached hydrogens (tertiary/aromatic N) is 6. The molecular formula is C23H23N7O2. The first-order valence-electron chi connectivity index (χ1n) is 10.5. The van der Waals surface area contributed by atoms with Gasteiger partial charge in [-0.05, 0) is 31.2 Å². The van der Waals surface area contributed by atoms with Crippen LogP contribution in [0.15, 0.2) is 59.5 Å². The van der Waals surface area contributed by atoms with Crippen LogP contribution in [0.2, 0.25) is 0 Å². The van der Waals surface area contributed by atoms with Crippen molar-refractivity contribution in [3.63, 3.8) is 0 Å². The van der Waals surface area contributed by atoms with E-state index in [1.54, 1.807) is 12.4 Å². The lowest BCUT2D eigenvalue weighted by atomic mass is 10.1. The minimum absolute atomic E-state index is 0.503. The first kappa shape index (κ1) is 20.1. The van der Waals surface area contributed by atoms with Gasteiger partial charge in [-0.25, -0.2) is 15.0 Å². The molecule has 0 aliphatic carbocycles. The number of rotatable bonds is 6. The third kappa shape index (κ3) is 4.42. The largest absolute Gasteiger partial charge is 0.378 e. The van der Waals surface area contributed by atoms with Crippen LogP contribution in [-0.4, -0.2) is 51.4 Å². The lowest BCUT2D eigenvalue weighted by Gasteiger charge is -2.27. The number of morpholine rings is 1. The second-order valence-electron chi connectivity index (χ2n) is 7.47. The number of nitrogens with one attached hydrogen (secondary N) is 1. The number of aryl methyl sites for hydroxylation is 1. The Bertz CT molecular complexity index is 1170. The number of hydrogen-bond donors (Lipinski definition) is 1. The highest BCUT2D eigenvalue weighted by atomic mass is 16.5. The van der Waals surface area contributed by atoms with Crippen LogP contribution in [0.1, 0.15) is 11.4 Å². The van der Waals surface area contributed by atoms with Crippen LogP contribution in [0, 0.1) is 6.92 Å². The molecule has 1 fully saturated rings. The molecule has 162 valence electrons. The van der Waals surface area contributed by atoms with E-state index in [1.807, 2.05) is 49.5 Å². The Morgan fingerprint density at radius 3 is 2.66 bits per heavy atom. The van der Waals surface area contributed by atoms with Gasteiger partial charge in [0, 0.05) is 43.3 Å². The van der Waals surface area contributed by atoms with Crippen LogP contribution in [0.3, 0.4) is 0 Å². The van der Waals surface area contributed by atoms with Crippen molar-refractivity contribution in [1.82, 2.24) is 25.1 Å². The summed E-state index contributed by atoms with van der Waals surface area (Å²) in [6, 6.07) is 11.7. The topological polar surface area (TPSA) is 102 Å². The summed E-state index contributed by atoms with van der Waals surface area (Å²) < 4.78 is 10.9. The van der Waals surface area contributed by atoms with Crippen molar-refractivity contribution in [3.8, 4) is 22.6 Å². The van der Waals surface area contributed by atoms with E-state index >= 15 is 0 Å². The maximum atomic E-state index is 5.50. The highest BCUT2D eigenvalue weighted by Gasteiger charge is 2.17. The molecule has 0 unspecified atom stereocenters. The van der Waals surface area contributed by atoms with Crippen molar-refractivity contribution in [3.05, 3.63) is 66.4 Å². The second-order valence-corrected chi connectivity index (χ2v) is 7.47. The molecule has 0 saturated carbocycles. The molecule has 1 aliphatic heterocycles. The van der Waals surface area contributed by atoms with Gasteiger partial charge in [0.25, 0.3) is 0 Å². The van der Waals surface area contributed by atoms with E-state index in [9.17, 15) is 0 Å². The molecule has 0 spiro atoms. The number of aromatic nitrogens is 5. The maximum absolute atomic E-state index is 5.50. The van der Waals surface area contributed by atoms with Crippen molar-refractivity contribution in [2.24, 2.45) is 0 Å². The van der Waals surface area contributed by atoms with Gasteiger partial charge in [0.2, 0.25) is 5.95 Å². The van der Waals surface area contributed by atoms with Crippen molar-refractivity contribution in [1.29, 1.82) is 0 Å². The summed E-state index contributed by atoms with van der Waals surface area (Å²) >= 11 is 0. The van der Waals surface area contributed by atoms with Crippen LogP contribution in [0.25, 0.3) is 22.6 Å². The van der Waals surface area contributed by atoms with E-state index < -0.39 is 0 Å². The normalized spacial score (nSPS) is 13.8. The highest BCUT2D eigenvalue weighted by Crippen LogP contribution is 2.31. The summed E-state index contributed by atoms with van der Waals surface area (Å²) in [5.74, 6) is 2.05. The molecule has 9 heteroatoms. The Balaban J connectivity index is 1.46. The fraction of sp³-hybridized carbons (Fsp3) is 0.261. The molecule has 5 heterocycles. The molecule has 32 heavy (non-hydrogen) atoms. The third-order valence-corrected chi connectivity index (χ3v) is 5.19. The number of ether oxygens (including phenoxy) is 1. The molecule has 1 aliphatic rings. The fourth-order valence-electron chi connectivity index (χ4n) is 3.54. The average Bonchev–Trinajstić information content (AvgIpc) is 3.30. The van der Waals surface area contributed by atoms with Crippen LogP contribution in [0.4, 0.5) is 11.8 Å². The fourth-order valence-corrected chi connectivity index (χ4v) is 3.54. The van der Waals surface area contributed by atoms with Gasteiger partial charge in [-0.15, -0.1) is 0 Å². The van der Waals surface area contributed by atoms with Crippen LogP contribution in [0.5, 0.6) is 0 Å². The van der Waals surface area contributed by atoms with Crippen molar-refractivity contribution < 1.29 is 9.26 Å². The molecule has 0 bridgehead atoms. The molecule has 1 N–H and O–H groups in total. The number of pyridine rings is 2. The van der Waals surface area contributed by atoms with Crippen LogP contribution in [-0.2, 0) is 11.3 Å². The summed E-state index contributed by atoms with van der Waals surface area (Å²) in [7, 11) is 0. The van der Waals surface area contributed by atoms with Gasteiger partial charge in [0.15, 0.2) is 5.76 Å². The SMILES string of the molecule is Cc1cc(-c2cnc(NCc3ccccn3)nc2-c2ccc(N3CCOCC3)nc2)on1. The number of hydrogen-bond acceptors (Lipinski definition) is 9. The standard InChI is InChI=1S/C23H23N7O2/c1-16-12-20(32-29-16)19-15-27-23(26-14-18-4-2-3-7-24-18)28-22(19)17-5-6-21(25-13-17)30-8-10-31-11-9-30/h2-7,12-13,15H,8-11,14H2,1H3,(H,26,27,28). The van der Waals surface area contributed by atoms with Gasteiger partial charge >= 0.3 is 0 Å². The van der Waals surface area contributed by atoms with E-state index in [2.05, 4.69) is 30.3 Å². The van der Waals surface area contributed by atoms with Crippen molar-refractivity contribution in [2.45, 2.75) is 13.5 Å². The predicted octanol–water partition coefficient (Wildman–Crippen LogP) is 3.35. The van der Waals surface area contributed by atoms with Crippen molar-refractivity contribution in [2.75, 3.05) is 36.5 Å². The maximum Gasteiger partial charge on any atom is 0.223 e. The lowest BCUT2D eigenvalue weighted by molar-refractivity contribution is 0.122. The van der Waals surface area contributed by atoms with E-state index in [4.69, 9.17) is 14.2 Å². The van der Waals surface area contributed by atoms with E-state index in [1.165, 1.54) is 0 Å². The molecule has 9 nitrogen and oxygen atoms in total. The quantitative estimate of drug-likeness (QED) is 0.494. The average molecular weight is 429 g/mol. The molecule has 1 saturated heterocycles. The van der Waals surface area contributed by atoms with Gasteiger partial charge in [0.05, 0.1) is 42.4 Å². The lowest BCUT2D eigenvalue weighted by Crippen LogP contribution is -2.36. The molecular weight excluding hydrogens is 406 g/mol. The zero-order valence-electron chi connectivity index (χ0n) is 17.7. The van der Waals surface area contributed by atoms with Gasteiger partial charge in [-0.3, -0.25) is 4.98 Å². The minimum Gasteiger partial charge on any atom is -0.378 e. The summed E-state index contributed by atoms with van der Waals surface area (Å²) in [4.78, 5) is 20.5. The number of anilines is 2. The zero-order chi connectivity index (χ0) is 21.8. The Kier molecular flexibility index (Phi) is 5.71. The van der Waals surface area contributed by atoms with E-state index in [-0.39, 0.29) is 0 Å². The summed E-state index contributed by atoms with van der Waals surface area (Å²) in [5, 5.41) is 7.26. The molecule has 4 aromatic rings. The molecule has 0 amide bonds. The summed E-state index contributed by atoms with van der Waals surface area (Å²) in [5.41, 5.74) is 4.05. The van der Waals surface area contributed by atoms with Gasteiger partial charge in [-0.1, -0.05) is 11.2 Å². The second kappa shape index (κ2) is 9.11. The summed E-state index contributed by atoms with van der Waals surface area (Å²) in [6.07, 6.45) is 5.35. The third-order valence-electron chi connectivity index (χ3n) is 5.19. The molecule has 5 rings (SSSR count). The Morgan fingerprint density at radius 1 is 1.03 bits per heavy atom. The minimum atomic E-state index is 0.503. The monoisotopic (exact) mass is 429 g/mol. The predicted molar refractivity (Wildman–Crippen MR) is 120 cm³/mol. The van der Waals surface area contributed by atoms with Gasteiger partial charge < -0.3 is 19.5 Å². The van der Waals surface area contributed by atoms with Gasteiger partial charge in [0.1, 0.15) is 5.82 Å². The van der Waals surface area contributed by atoms with E-state index in [0.29, 0.717) is 18.3 Å².